The Bertz CT molecular complexity index is 471. The number of nitrogens with zero attached hydrogens (tertiary/aromatic N) is 1. The molecule has 5 heteroatoms. The molecule has 110 valence electrons. The van der Waals surface area contributed by atoms with Gasteiger partial charge in [0.15, 0.2) is 0 Å². The van der Waals surface area contributed by atoms with Gasteiger partial charge in [-0.3, -0.25) is 4.79 Å². The van der Waals surface area contributed by atoms with Crippen molar-refractivity contribution < 1.29 is 14.6 Å². The number of rotatable bonds is 3. The molecule has 1 aliphatic rings. The Hall–Kier alpha value is -1.59. The van der Waals surface area contributed by atoms with Crippen molar-refractivity contribution in [3.05, 3.63) is 29.8 Å². The number of hydrogen-bond donors (Lipinski definition) is 2. The van der Waals surface area contributed by atoms with Crippen molar-refractivity contribution >= 4 is 5.91 Å². The first-order chi connectivity index (χ1) is 9.37. The number of carbonyl (C=O) groups is 1. The maximum atomic E-state index is 12.4. The molecule has 2 rings (SSSR count). The van der Waals surface area contributed by atoms with E-state index in [1.807, 2.05) is 13.8 Å². The molecule has 0 spiro atoms. The SMILES string of the molecule is CC1(C)CN(C(=O)[C@@H](N)Cc2ccc(O)cc2)CCO1. The molecule has 0 saturated carbocycles. The summed E-state index contributed by atoms with van der Waals surface area (Å²) in [7, 11) is 0. The second-order valence-corrected chi connectivity index (χ2v) is 5.85. The number of nitrogens with two attached hydrogens (primary N) is 1. The third-order valence-electron chi connectivity index (χ3n) is 3.45. The van der Waals surface area contributed by atoms with Gasteiger partial charge in [-0.05, 0) is 38.0 Å². The van der Waals surface area contributed by atoms with Gasteiger partial charge in [0, 0.05) is 13.1 Å². The summed E-state index contributed by atoms with van der Waals surface area (Å²) < 4.78 is 5.59. The van der Waals surface area contributed by atoms with Crippen molar-refractivity contribution in [1.29, 1.82) is 0 Å². The van der Waals surface area contributed by atoms with Crippen molar-refractivity contribution in [3.63, 3.8) is 0 Å². The zero-order valence-corrected chi connectivity index (χ0v) is 12.0. The summed E-state index contributed by atoms with van der Waals surface area (Å²) in [6, 6.07) is 6.21. The number of phenolic OH excluding ortho intramolecular Hbond substituents is 1. The minimum Gasteiger partial charge on any atom is -0.508 e. The van der Waals surface area contributed by atoms with Crippen molar-refractivity contribution in [2.24, 2.45) is 5.73 Å². The van der Waals surface area contributed by atoms with Gasteiger partial charge in [0.1, 0.15) is 5.75 Å². The molecule has 1 heterocycles. The molecule has 1 atom stereocenters. The first-order valence-corrected chi connectivity index (χ1v) is 6.84. The highest BCUT2D eigenvalue weighted by molar-refractivity contribution is 5.82. The van der Waals surface area contributed by atoms with E-state index in [2.05, 4.69) is 0 Å². The van der Waals surface area contributed by atoms with E-state index < -0.39 is 6.04 Å². The predicted molar refractivity (Wildman–Crippen MR) is 76.4 cm³/mol. The number of amides is 1. The first-order valence-electron chi connectivity index (χ1n) is 6.84. The van der Waals surface area contributed by atoms with Gasteiger partial charge in [-0.1, -0.05) is 12.1 Å². The molecule has 20 heavy (non-hydrogen) atoms. The smallest absolute Gasteiger partial charge is 0.240 e. The maximum Gasteiger partial charge on any atom is 0.240 e. The monoisotopic (exact) mass is 278 g/mol. The van der Waals surface area contributed by atoms with Crippen LogP contribution in [0.25, 0.3) is 0 Å². The van der Waals surface area contributed by atoms with Gasteiger partial charge in [-0.2, -0.15) is 0 Å². The average molecular weight is 278 g/mol. The Morgan fingerprint density at radius 1 is 1.45 bits per heavy atom. The second kappa shape index (κ2) is 5.81. The Labute approximate surface area is 119 Å². The maximum absolute atomic E-state index is 12.4. The van der Waals surface area contributed by atoms with E-state index in [-0.39, 0.29) is 17.3 Å². The van der Waals surface area contributed by atoms with Crippen LogP contribution in [-0.2, 0) is 16.0 Å². The fourth-order valence-electron chi connectivity index (χ4n) is 2.41. The zero-order chi connectivity index (χ0) is 14.8. The van der Waals surface area contributed by atoms with Crippen LogP contribution in [0.1, 0.15) is 19.4 Å². The van der Waals surface area contributed by atoms with Crippen LogP contribution in [-0.4, -0.2) is 47.3 Å². The lowest BCUT2D eigenvalue weighted by Crippen LogP contribution is -2.55. The van der Waals surface area contributed by atoms with Gasteiger partial charge in [-0.15, -0.1) is 0 Å². The van der Waals surface area contributed by atoms with Gasteiger partial charge >= 0.3 is 0 Å². The highest BCUT2D eigenvalue weighted by atomic mass is 16.5. The van der Waals surface area contributed by atoms with Crippen LogP contribution in [0, 0.1) is 0 Å². The van der Waals surface area contributed by atoms with Gasteiger partial charge < -0.3 is 20.5 Å². The van der Waals surface area contributed by atoms with Crippen LogP contribution in [0.2, 0.25) is 0 Å². The van der Waals surface area contributed by atoms with E-state index in [9.17, 15) is 9.90 Å². The Morgan fingerprint density at radius 3 is 2.70 bits per heavy atom. The Kier molecular flexibility index (Phi) is 4.30. The molecule has 0 aromatic heterocycles. The van der Waals surface area contributed by atoms with Crippen molar-refractivity contribution in [1.82, 2.24) is 4.90 Å². The van der Waals surface area contributed by atoms with Crippen LogP contribution in [0.5, 0.6) is 5.75 Å². The second-order valence-electron chi connectivity index (χ2n) is 5.85. The molecule has 1 amide bonds. The Balaban J connectivity index is 1.96. The molecule has 1 saturated heterocycles. The lowest BCUT2D eigenvalue weighted by atomic mass is 10.0. The molecule has 1 fully saturated rings. The quantitative estimate of drug-likeness (QED) is 0.861. The van der Waals surface area contributed by atoms with E-state index in [1.54, 1.807) is 29.2 Å². The largest absolute Gasteiger partial charge is 0.508 e. The minimum absolute atomic E-state index is 0.0468. The molecule has 3 N–H and O–H groups in total. The predicted octanol–water partition coefficient (Wildman–Crippen LogP) is 0.899. The van der Waals surface area contributed by atoms with E-state index in [1.165, 1.54) is 0 Å². The van der Waals surface area contributed by atoms with E-state index in [0.29, 0.717) is 26.1 Å². The van der Waals surface area contributed by atoms with Crippen LogP contribution in [0.3, 0.4) is 0 Å². The van der Waals surface area contributed by atoms with Gasteiger partial charge in [0.2, 0.25) is 5.91 Å². The summed E-state index contributed by atoms with van der Waals surface area (Å²) in [4.78, 5) is 14.1. The number of hydrogen-bond acceptors (Lipinski definition) is 4. The van der Waals surface area contributed by atoms with E-state index in [0.717, 1.165) is 5.56 Å². The molecular weight excluding hydrogens is 256 g/mol. The lowest BCUT2D eigenvalue weighted by Gasteiger charge is -2.39. The van der Waals surface area contributed by atoms with Crippen LogP contribution in [0.15, 0.2) is 24.3 Å². The normalized spacial score (nSPS) is 19.6. The molecule has 1 aromatic rings. The number of aromatic hydroxyl groups is 1. The Morgan fingerprint density at radius 2 is 2.10 bits per heavy atom. The fourth-order valence-corrected chi connectivity index (χ4v) is 2.41. The first kappa shape index (κ1) is 14.8. The number of carbonyl (C=O) groups excluding carboxylic acids is 1. The van der Waals surface area contributed by atoms with Gasteiger partial charge in [0.25, 0.3) is 0 Å². The molecule has 0 radical (unpaired) electrons. The number of benzene rings is 1. The van der Waals surface area contributed by atoms with E-state index in [4.69, 9.17) is 10.5 Å². The molecule has 0 bridgehead atoms. The lowest BCUT2D eigenvalue weighted by molar-refractivity contribution is -0.147. The summed E-state index contributed by atoms with van der Waals surface area (Å²) in [6.45, 7) is 5.64. The highest BCUT2D eigenvalue weighted by Crippen LogP contribution is 2.18. The molecule has 1 aliphatic heterocycles. The number of morpholine rings is 1. The molecule has 5 nitrogen and oxygen atoms in total. The number of ether oxygens (including phenoxy) is 1. The molecule has 0 aliphatic carbocycles. The van der Waals surface area contributed by atoms with E-state index >= 15 is 0 Å². The average Bonchev–Trinajstić information content (AvgIpc) is 2.39. The minimum atomic E-state index is -0.562. The molecule has 1 aromatic carbocycles. The summed E-state index contributed by atoms with van der Waals surface area (Å²) >= 11 is 0. The van der Waals surface area contributed by atoms with Crippen LogP contribution in [0.4, 0.5) is 0 Å². The summed E-state index contributed by atoms with van der Waals surface area (Å²) in [6.07, 6.45) is 0.469. The van der Waals surface area contributed by atoms with Gasteiger partial charge in [-0.25, -0.2) is 0 Å². The third-order valence-corrected chi connectivity index (χ3v) is 3.45. The summed E-state index contributed by atoms with van der Waals surface area (Å²) in [5, 5.41) is 9.24. The summed E-state index contributed by atoms with van der Waals surface area (Å²) in [5.41, 5.74) is 6.64. The van der Waals surface area contributed by atoms with Crippen molar-refractivity contribution in [2.45, 2.75) is 31.9 Å². The topological polar surface area (TPSA) is 75.8 Å². The van der Waals surface area contributed by atoms with Crippen molar-refractivity contribution in [2.75, 3.05) is 19.7 Å². The van der Waals surface area contributed by atoms with Crippen molar-refractivity contribution in [3.8, 4) is 5.75 Å². The standard InChI is InChI=1S/C15H22N2O3/c1-15(2)10-17(7-8-20-15)14(19)13(16)9-11-3-5-12(18)6-4-11/h3-6,13,18H,7-10,16H2,1-2H3/t13-/m0/s1. The highest BCUT2D eigenvalue weighted by Gasteiger charge is 2.31. The third kappa shape index (κ3) is 3.71. The number of phenols is 1. The molecular formula is C15H22N2O3. The van der Waals surface area contributed by atoms with Crippen LogP contribution >= 0.6 is 0 Å². The fraction of sp³-hybridized carbons (Fsp3) is 0.533. The molecule has 0 unspecified atom stereocenters. The van der Waals surface area contributed by atoms with Gasteiger partial charge in [0.05, 0.1) is 18.2 Å². The zero-order valence-electron chi connectivity index (χ0n) is 12.0. The summed E-state index contributed by atoms with van der Waals surface area (Å²) in [5.74, 6) is 0.165. The van der Waals surface area contributed by atoms with Crippen LogP contribution < -0.4 is 5.73 Å².